The Morgan fingerprint density at radius 1 is 1.59 bits per heavy atom. The minimum Gasteiger partial charge on any atom is -0.481 e. The maximum Gasteiger partial charge on any atom is 0.303 e. The Morgan fingerprint density at radius 3 is 2.94 bits per heavy atom. The van der Waals surface area contributed by atoms with Crippen LogP contribution < -0.4 is 0 Å². The van der Waals surface area contributed by atoms with E-state index in [9.17, 15) is 4.79 Å². The van der Waals surface area contributed by atoms with Crippen molar-refractivity contribution in [3.8, 4) is 10.8 Å². The number of rotatable bonds is 4. The number of aryl methyl sites for hydroxylation is 2. The maximum atomic E-state index is 10.4. The molecule has 0 fully saturated rings. The lowest BCUT2D eigenvalue weighted by atomic mass is 10.3. The Labute approximate surface area is 106 Å². The van der Waals surface area contributed by atoms with Crippen LogP contribution in [0.2, 0.25) is 5.02 Å². The van der Waals surface area contributed by atoms with Gasteiger partial charge in [0, 0.05) is 6.42 Å². The molecule has 17 heavy (non-hydrogen) atoms. The first-order chi connectivity index (χ1) is 8.08. The van der Waals surface area contributed by atoms with Gasteiger partial charge in [0.1, 0.15) is 4.88 Å². The zero-order valence-electron chi connectivity index (χ0n) is 8.94. The van der Waals surface area contributed by atoms with E-state index >= 15 is 0 Å². The number of hydrogen-bond acceptors (Lipinski definition) is 5. The molecule has 0 aromatic carbocycles. The summed E-state index contributed by atoms with van der Waals surface area (Å²) in [6.45, 7) is 1.89. The molecule has 2 aromatic heterocycles. The van der Waals surface area contributed by atoms with E-state index in [4.69, 9.17) is 21.1 Å². The molecule has 2 heterocycles. The van der Waals surface area contributed by atoms with E-state index < -0.39 is 5.97 Å². The zero-order chi connectivity index (χ0) is 12.4. The van der Waals surface area contributed by atoms with E-state index in [0.717, 1.165) is 10.4 Å². The molecule has 0 unspecified atom stereocenters. The van der Waals surface area contributed by atoms with Crippen LogP contribution in [0.15, 0.2) is 9.80 Å². The first kappa shape index (κ1) is 12.1. The molecule has 0 radical (unpaired) electrons. The quantitative estimate of drug-likeness (QED) is 0.926. The van der Waals surface area contributed by atoms with Gasteiger partial charge in [-0.1, -0.05) is 11.6 Å². The number of halogens is 1. The van der Waals surface area contributed by atoms with Crippen molar-refractivity contribution in [1.29, 1.82) is 0 Å². The fourth-order valence-corrected chi connectivity index (χ4v) is 2.43. The fraction of sp³-hybridized carbons (Fsp3) is 0.300. The lowest BCUT2D eigenvalue weighted by Crippen LogP contribution is -1.97. The fourth-order valence-electron chi connectivity index (χ4n) is 1.23. The number of aliphatic carboxylic acids is 1. The first-order valence-electron chi connectivity index (χ1n) is 4.86. The van der Waals surface area contributed by atoms with Crippen LogP contribution in [0.5, 0.6) is 0 Å². The van der Waals surface area contributed by atoms with E-state index in [1.807, 2.05) is 12.3 Å². The number of aromatic nitrogens is 2. The second-order valence-corrected chi connectivity index (χ2v) is 4.71. The number of thiophene rings is 1. The predicted molar refractivity (Wildman–Crippen MR) is 63.3 cm³/mol. The molecule has 0 spiro atoms. The van der Waals surface area contributed by atoms with Gasteiger partial charge in [-0.3, -0.25) is 4.79 Å². The summed E-state index contributed by atoms with van der Waals surface area (Å²) in [4.78, 5) is 11.1. The number of carboxylic acids is 1. The maximum absolute atomic E-state index is 10.4. The monoisotopic (exact) mass is 272 g/mol. The van der Waals surface area contributed by atoms with Crippen molar-refractivity contribution < 1.29 is 14.3 Å². The molecule has 0 aliphatic carbocycles. The molecule has 1 N–H and O–H groups in total. The van der Waals surface area contributed by atoms with E-state index in [0.29, 0.717) is 16.8 Å². The molecule has 0 aliphatic heterocycles. The lowest BCUT2D eigenvalue weighted by molar-refractivity contribution is -0.137. The smallest absolute Gasteiger partial charge is 0.303 e. The van der Waals surface area contributed by atoms with Gasteiger partial charge in [-0.2, -0.15) is 0 Å². The number of carbonyl (C=O) groups is 1. The van der Waals surface area contributed by atoms with Crippen LogP contribution >= 0.6 is 22.9 Å². The summed E-state index contributed by atoms with van der Waals surface area (Å²) in [6.07, 6.45) is 0.198. The van der Waals surface area contributed by atoms with E-state index in [1.165, 1.54) is 11.3 Å². The molecule has 2 aromatic rings. The van der Waals surface area contributed by atoms with Crippen LogP contribution in [0.1, 0.15) is 17.9 Å². The molecule has 0 saturated heterocycles. The highest BCUT2D eigenvalue weighted by Gasteiger charge is 2.15. The Morgan fingerprint density at radius 2 is 2.35 bits per heavy atom. The van der Waals surface area contributed by atoms with Gasteiger partial charge in [-0.15, -0.1) is 21.5 Å². The van der Waals surface area contributed by atoms with E-state index in [2.05, 4.69) is 10.2 Å². The molecule has 2 rings (SSSR count). The third-order valence-electron chi connectivity index (χ3n) is 2.11. The van der Waals surface area contributed by atoms with Crippen molar-refractivity contribution in [2.45, 2.75) is 19.8 Å². The standard InChI is InChI=1S/C10H9ClN2O3S/c1-5-4-17-9(8(5)11)10-13-12-6(16-10)2-3-7(14)15/h4H,2-3H2,1H3,(H,14,15). The second kappa shape index (κ2) is 4.85. The van der Waals surface area contributed by atoms with Crippen molar-refractivity contribution in [3.05, 3.63) is 21.9 Å². The molecule has 7 heteroatoms. The van der Waals surface area contributed by atoms with Crippen LogP contribution in [-0.2, 0) is 11.2 Å². The first-order valence-corrected chi connectivity index (χ1v) is 6.12. The van der Waals surface area contributed by atoms with Gasteiger partial charge in [-0.05, 0) is 17.9 Å². The minimum atomic E-state index is -0.894. The van der Waals surface area contributed by atoms with Gasteiger partial charge in [0.25, 0.3) is 5.89 Å². The van der Waals surface area contributed by atoms with E-state index in [1.54, 1.807) is 0 Å². The molecular formula is C10H9ClN2O3S. The average molecular weight is 273 g/mol. The molecule has 90 valence electrons. The lowest BCUT2D eigenvalue weighted by Gasteiger charge is -1.91. The predicted octanol–water partition coefficient (Wildman–Crippen LogP) is 2.78. The zero-order valence-corrected chi connectivity index (χ0v) is 10.5. The van der Waals surface area contributed by atoms with Crippen LogP contribution in [0.3, 0.4) is 0 Å². The van der Waals surface area contributed by atoms with E-state index in [-0.39, 0.29) is 12.8 Å². The Balaban J connectivity index is 2.18. The highest BCUT2D eigenvalue weighted by Crippen LogP contribution is 2.35. The summed E-state index contributed by atoms with van der Waals surface area (Å²) in [5.41, 5.74) is 0.956. The molecule has 0 bridgehead atoms. The third-order valence-corrected chi connectivity index (χ3v) is 3.80. The topological polar surface area (TPSA) is 76.2 Å². The molecule has 5 nitrogen and oxygen atoms in total. The van der Waals surface area contributed by atoms with Gasteiger partial charge < -0.3 is 9.52 Å². The molecule has 0 aliphatic rings. The van der Waals surface area contributed by atoms with Crippen molar-refractivity contribution >= 4 is 28.9 Å². The van der Waals surface area contributed by atoms with Crippen molar-refractivity contribution in [2.75, 3.05) is 0 Å². The Hall–Kier alpha value is -1.40. The van der Waals surface area contributed by atoms with Crippen LogP contribution in [0, 0.1) is 6.92 Å². The highest BCUT2D eigenvalue weighted by molar-refractivity contribution is 7.14. The summed E-state index contributed by atoms with van der Waals surface area (Å²) < 4.78 is 5.35. The normalized spacial score (nSPS) is 10.7. The summed E-state index contributed by atoms with van der Waals surface area (Å²) in [5.74, 6) is -0.243. The Kier molecular flexibility index (Phi) is 3.44. The molecule has 0 atom stereocenters. The highest BCUT2D eigenvalue weighted by atomic mass is 35.5. The number of hydrogen-bond donors (Lipinski definition) is 1. The van der Waals surface area contributed by atoms with Gasteiger partial charge in [-0.25, -0.2) is 0 Å². The second-order valence-electron chi connectivity index (χ2n) is 3.46. The van der Waals surface area contributed by atoms with Crippen LogP contribution in [-0.4, -0.2) is 21.3 Å². The van der Waals surface area contributed by atoms with Crippen LogP contribution in [0.4, 0.5) is 0 Å². The molecule has 0 saturated carbocycles. The third kappa shape index (κ3) is 2.65. The van der Waals surface area contributed by atoms with Crippen LogP contribution in [0.25, 0.3) is 10.8 Å². The Bertz CT molecular complexity index is 549. The van der Waals surface area contributed by atoms with Gasteiger partial charge in [0.15, 0.2) is 0 Å². The minimum absolute atomic E-state index is 0.0289. The van der Waals surface area contributed by atoms with Gasteiger partial charge in [0.05, 0.1) is 11.4 Å². The SMILES string of the molecule is Cc1csc(-c2nnc(CCC(=O)O)o2)c1Cl. The largest absolute Gasteiger partial charge is 0.481 e. The summed E-state index contributed by atoms with van der Waals surface area (Å²) in [5, 5.41) is 18.7. The summed E-state index contributed by atoms with van der Waals surface area (Å²) >= 11 is 7.49. The molecular weight excluding hydrogens is 264 g/mol. The molecule has 0 amide bonds. The average Bonchev–Trinajstić information content (AvgIpc) is 2.85. The summed E-state index contributed by atoms with van der Waals surface area (Å²) in [7, 11) is 0. The van der Waals surface area contributed by atoms with Crippen molar-refractivity contribution in [1.82, 2.24) is 10.2 Å². The number of carboxylic acid groups (broad SMARTS) is 1. The summed E-state index contributed by atoms with van der Waals surface area (Å²) in [6, 6.07) is 0. The van der Waals surface area contributed by atoms with Gasteiger partial charge in [0.2, 0.25) is 5.89 Å². The van der Waals surface area contributed by atoms with Crippen molar-refractivity contribution in [3.63, 3.8) is 0 Å². The van der Waals surface area contributed by atoms with Gasteiger partial charge >= 0.3 is 5.97 Å². The number of nitrogens with zero attached hydrogens (tertiary/aromatic N) is 2. The van der Waals surface area contributed by atoms with Crippen molar-refractivity contribution in [2.24, 2.45) is 0 Å².